The summed E-state index contributed by atoms with van der Waals surface area (Å²) in [5.41, 5.74) is 1.46. The molecule has 39 heavy (non-hydrogen) atoms. The Morgan fingerprint density at radius 3 is 2.28 bits per heavy atom. The molecule has 3 rings (SSSR count). The molecule has 1 heterocycles. The zero-order chi connectivity index (χ0) is 28.9. The number of ketones is 1. The third-order valence-electron chi connectivity index (χ3n) is 6.21. The van der Waals surface area contributed by atoms with E-state index in [2.05, 4.69) is 10.6 Å². The van der Waals surface area contributed by atoms with E-state index in [1.807, 2.05) is 0 Å². The molecule has 4 amide bonds. The number of carbonyl (C=O) groups excluding carboxylic acids is 6. The first-order chi connectivity index (χ1) is 18.5. The van der Waals surface area contributed by atoms with E-state index < -0.39 is 48.9 Å². The maximum absolute atomic E-state index is 13.8. The highest BCUT2D eigenvalue weighted by molar-refractivity contribution is 6.11. The first-order valence-corrected chi connectivity index (χ1v) is 12.1. The summed E-state index contributed by atoms with van der Waals surface area (Å²) in [6.07, 6.45) is 0.201. The van der Waals surface area contributed by atoms with Crippen LogP contribution in [0.1, 0.15) is 34.8 Å². The standard InChI is InChI=1S/C27H30N4O8/c1-15-8-18(9-16(2)25(15)37)26(38)29-20-11-30(24(36)14-33)21-6-4-5-7-22(21)31(27(20)39)12-23(35)28-19(13-32)10-17(3)34/h4-9,13,19-20,33,37H,10-12,14H2,1-3H3,(H,28,35)(H,29,38)/t19-,20-/m0/s1. The highest BCUT2D eigenvalue weighted by Gasteiger charge is 2.37. The van der Waals surface area contributed by atoms with Crippen LogP contribution in [0.4, 0.5) is 11.4 Å². The summed E-state index contributed by atoms with van der Waals surface area (Å²) in [6, 6.07) is 6.70. The number of aldehydes is 1. The van der Waals surface area contributed by atoms with Gasteiger partial charge in [-0.25, -0.2) is 0 Å². The number of nitrogens with one attached hydrogen (secondary N) is 2. The van der Waals surface area contributed by atoms with Crippen molar-refractivity contribution in [2.45, 2.75) is 39.3 Å². The van der Waals surface area contributed by atoms with Gasteiger partial charge in [0.1, 0.15) is 37.0 Å². The minimum Gasteiger partial charge on any atom is -0.507 e. The van der Waals surface area contributed by atoms with Gasteiger partial charge >= 0.3 is 0 Å². The van der Waals surface area contributed by atoms with Crippen molar-refractivity contribution in [3.8, 4) is 5.75 Å². The van der Waals surface area contributed by atoms with Gasteiger partial charge in [-0.3, -0.25) is 28.9 Å². The zero-order valence-electron chi connectivity index (χ0n) is 21.8. The van der Waals surface area contributed by atoms with E-state index in [0.29, 0.717) is 17.4 Å². The predicted molar refractivity (Wildman–Crippen MR) is 140 cm³/mol. The van der Waals surface area contributed by atoms with Crippen molar-refractivity contribution in [1.82, 2.24) is 10.6 Å². The predicted octanol–water partition coefficient (Wildman–Crippen LogP) is 0.142. The number of aliphatic hydroxyl groups is 1. The first kappa shape index (κ1) is 29.0. The lowest BCUT2D eigenvalue weighted by molar-refractivity contribution is -0.127. The molecule has 12 nitrogen and oxygen atoms in total. The highest BCUT2D eigenvalue weighted by atomic mass is 16.3. The average molecular weight is 539 g/mol. The number of aryl methyl sites for hydroxylation is 2. The van der Waals surface area contributed by atoms with Crippen LogP contribution in [0.25, 0.3) is 0 Å². The minimum atomic E-state index is -1.33. The van der Waals surface area contributed by atoms with Gasteiger partial charge in [0.25, 0.3) is 17.7 Å². The minimum absolute atomic E-state index is 0.0304. The first-order valence-electron chi connectivity index (χ1n) is 12.1. The van der Waals surface area contributed by atoms with Crippen molar-refractivity contribution >= 4 is 47.1 Å². The van der Waals surface area contributed by atoms with E-state index in [1.54, 1.807) is 26.0 Å². The largest absolute Gasteiger partial charge is 0.507 e. The fraction of sp³-hybridized carbons (Fsp3) is 0.333. The molecule has 0 aliphatic carbocycles. The lowest BCUT2D eigenvalue weighted by Gasteiger charge is -2.25. The number of fused-ring (bicyclic) bond motifs is 1. The molecule has 1 aliphatic rings. The van der Waals surface area contributed by atoms with E-state index in [0.717, 1.165) is 9.80 Å². The number of amides is 4. The van der Waals surface area contributed by atoms with E-state index in [4.69, 9.17) is 0 Å². The summed E-state index contributed by atoms with van der Waals surface area (Å²) < 4.78 is 0. The third kappa shape index (κ3) is 6.65. The lowest BCUT2D eigenvalue weighted by Crippen LogP contribution is -2.55. The number of nitrogens with zero attached hydrogens (tertiary/aromatic N) is 2. The number of Topliss-reactive ketones (excluding diaryl/α,β-unsaturated/α-hetero) is 1. The van der Waals surface area contributed by atoms with Crippen LogP contribution in [-0.2, 0) is 24.0 Å². The molecule has 0 fully saturated rings. The number of aliphatic hydroxyl groups excluding tert-OH is 1. The molecule has 0 spiro atoms. The van der Waals surface area contributed by atoms with Crippen LogP contribution in [0, 0.1) is 13.8 Å². The maximum Gasteiger partial charge on any atom is 0.252 e. The Morgan fingerprint density at radius 1 is 1.10 bits per heavy atom. The fourth-order valence-corrected chi connectivity index (χ4v) is 4.35. The van der Waals surface area contributed by atoms with Crippen molar-refractivity contribution in [3.05, 3.63) is 53.1 Å². The fourth-order valence-electron chi connectivity index (χ4n) is 4.35. The molecular formula is C27H30N4O8. The topological polar surface area (TPSA) is 173 Å². The van der Waals surface area contributed by atoms with Crippen LogP contribution in [0.15, 0.2) is 36.4 Å². The van der Waals surface area contributed by atoms with Gasteiger partial charge in [0.05, 0.1) is 24.0 Å². The van der Waals surface area contributed by atoms with Crippen LogP contribution in [0.5, 0.6) is 5.75 Å². The van der Waals surface area contributed by atoms with Crippen molar-refractivity contribution in [2.75, 3.05) is 29.5 Å². The summed E-state index contributed by atoms with van der Waals surface area (Å²) in [4.78, 5) is 77.4. The Bertz CT molecular complexity index is 1300. The van der Waals surface area contributed by atoms with Crippen LogP contribution in [0.3, 0.4) is 0 Å². The van der Waals surface area contributed by atoms with Crippen LogP contribution in [0.2, 0.25) is 0 Å². The van der Waals surface area contributed by atoms with Crippen molar-refractivity contribution in [2.24, 2.45) is 0 Å². The number of rotatable bonds is 9. The second-order valence-corrected chi connectivity index (χ2v) is 9.28. The van der Waals surface area contributed by atoms with Gasteiger partial charge < -0.3 is 30.5 Å². The van der Waals surface area contributed by atoms with Crippen molar-refractivity contribution in [1.29, 1.82) is 0 Å². The molecule has 0 unspecified atom stereocenters. The zero-order valence-corrected chi connectivity index (χ0v) is 21.8. The monoisotopic (exact) mass is 538 g/mol. The summed E-state index contributed by atoms with van der Waals surface area (Å²) >= 11 is 0. The van der Waals surface area contributed by atoms with Gasteiger partial charge in [-0.05, 0) is 56.2 Å². The van der Waals surface area contributed by atoms with Gasteiger partial charge in [-0.2, -0.15) is 0 Å². The molecule has 4 N–H and O–H groups in total. The summed E-state index contributed by atoms with van der Waals surface area (Å²) in [5, 5.41) is 24.6. The number of phenols is 1. The Labute approximate surface area is 224 Å². The molecule has 12 heteroatoms. The Hall–Kier alpha value is -4.58. The maximum atomic E-state index is 13.8. The summed E-state index contributed by atoms with van der Waals surface area (Å²) in [6.45, 7) is 2.72. The second kappa shape index (κ2) is 12.3. The number of phenolic OH excluding ortho intramolecular Hbond substituents is 1. The SMILES string of the molecule is CC(=O)C[C@@H](C=O)NC(=O)CN1C(=O)[C@@H](NC(=O)c2cc(C)c(O)c(C)c2)CN(C(=O)CO)c2ccccc21. The average Bonchev–Trinajstić information content (AvgIpc) is 3.01. The number of para-hydroxylation sites is 2. The van der Waals surface area contributed by atoms with E-state index in [-0.39, 0.29) is 41.4 Å². The molecule has 2 atom stereocenters. The number of benzene rings is 2. The quantitative estimate of drug-likeness (QED) is 0.326. The number of anilines is 2. The lowest BCUT2D eigenvalue weighted by atomic mass is 10.0. The smallest absolute Gasteiger partial charge is 0.252 e. The third-order valence-corrected chi connectivity index (χ3v) is 6.21. The van der Waals surface area contributed by atoms with E-state index in [9.17, 15) is 39.0 Å². The molecule has 0 saturated carbocycles. The number of carbonyl (C=O) groups is 6. The Balaban J connectivity index is 1.98. The summed E-state index contributed by atoms with van der Waals surface area (Å²) in [5.74, 6) is -3.14. The van der Waals surface area contributed by atoms with Crippen LogP contribution < -0.4 is 20.4 Å². The molecule has 0 radical (unpaired) electrons. The normalized spacial score (nSPS) is 15.6. The molecule has 2 aromatic rings. The molecule has 206 valence electrons. The number of hydrogen-bond donors (Lipinski definition) is 4. The van der Waals surface area contributed by atoms with Crippen molar-refractivity contribution < 1.29 is 39.0 Å². The van der Waals surface area contributed by atoms with Gasteiger partial charge in [0.2, 0.25) is 5.91 Å². The van der Waals surface area contributed by atoms with E-state index in [1.165, 1.54) is 31.2 Å². The highest BCUT2D eigenvalue weighted by Crippen LogP contribution is 2.33. The Kier molecular flexibility index (Phi) is 9.15. The molecule has 1 aliphatic heterocycles. The molecule has 0 bridgehead atoms. The van der Waals surface area contributed by atoms with Crippen molar-refractivity contribution in [3.63, 3.8) is 0 Å². The molecule has 0 saturated heterocycles. The van der Waals surface area contributed by atoms with Gasteiger partial charge in [0.15, 0.2) is 0 Å². The number of hydrogen-bond acceptors (Lipinski definition) is 8. The van der Waals surface area contributed by atoms with Gasteiger partial charge in [-0.15, -0.1) is 0 Å². The molecule has 0 aromatic heterocycles. The summed E-state index contributed by atoms with van der Waals surface area (Å²) in [7, 11) is 0. The molecular weight excluding hydrogens is 508 g/mol. The van der Waals surface area contributed by atoms with E-state index >= 15 is 0 Å². The Morgan fingerprint density at radius 2 is 1.72 bits per heavy atom. The van der Waals surface area contributed by atoms with Crippen LogP contribution >= 0.6 is 0 Å². The van der Waals surface area contributed by atoms with Crippen LogP contribution in [-0.4, -0.2) is 77.7 Å². The molecule has 2 aromatic carbocycles. The second-order valence-electron chi connectivity index (χ2n) is 9.28. The van der Waals surface area contributed by atoms with Gasteiger partial charge in [0, 0.05) is 12.0 Å². The van der Waals surface area contributed by atoms with Gasteiger partial charge in [-0.1, -0.05) is 12.1 Å². The number of aromatic hydroxyl groups is 1.